The van der Waals surface area contributed by atoms with Crippen molar-refractivity contribution in [3.05, 3.63) is 0 Å². The van der Waals surface area contributed by atoms with Gasteiger partial charge in [0.15, 0.2) is 0 Å². The summed E-state index contributed by atoms with van der Waals surface area (Å²) < 4.78 is 0. The van der Waals surface area contributed by atoms with Crippen LogP contribution in [0.1, 0.15) is 0 Å². The molecule has 22 valence electrons. The molecule has 0 aliphatic heterocycles. The molecule has 0 saturated carbocycles. The predicted molar refractivity (Wildman–Crippen MR) is 7.81 cm³/mol. The van der Waals surface area contributed by atoms with E-state index in [1.165, 1.54) is 0 Å². The fourth-order valence-electron chi connectivity index (χ4n) is 0. The van der Waals surface area contributed by atoms with Crippen LogP contribution in [0, 0.1) is 0 Å². The molecule has 4 heavy (non-hydrogen) atoms. The predicted octanol–water partition coefficient (Wildman–Crippen LogP) is -0.737. The van der Waals surface area contributed by atoms with Crippen LogP contribution >= 0.6 is 0 Å². The fourth-order valence-corrected chi connectivity index (χ4v) is 0. The van der Waals surface area contributed by atoms with Gasteiger partial charge in [0, 0.05) is 0 Å². The Kier molecular flexibility index (Phi) is 1250. The van der Waals surface area contributed by atoms with Crippen molar-refractivity contribution >= 4 is 27.3 Å². The van der Waals surface area contributed by atoms with Crippen LogP contribution in [0.25, 0.3) is 0 Å². The van der Waals surface area contributed by atoms with Crippen molar-refractivity contribution in [3.8, 4) is 0 Å². The van der Waals surface area contributed by atoms with E-state index in [-0.39, 0.29) is 43.7 Å². The molecule has 0 aliphatic carbocycles. The third-order valence-electron chi connectivity index (χ3n) is 0. The number of rotatable bonds is 0. The summed E-state index contributed by atoms with van der Waals surface area (Å²) in [6.45, 7) is 0. The van der Waals surface area contributed by atoms with Gasteiger partial charge in [-0.05, 0) is 0 Å². The molecular formula is O3Pb. The average Bonchev–Trinajstić information content (AvgIpc) is 0. The molecule has 0 spiro atoms. The minimum atomic E-state index is 0. The molecule has 0 fully saturated rings. The summed E-state index contributed by atoms with van der Waals surface area (Å²) in [5.74, 6) is 0. The first-order chi connectivity index (χ1) is 0. The standard InChI is InChI=1S/3O.Pb/q3*-2;+6. The number of hydrogen-bond acceptors (Lipinski definition) is 0. The first-order valence-corrected chi connectivity index (χ1v) is 0. The quantitative estimate of drug-likeness (QED) is 0.511. The maximum absolute atomic E-state index is 0. The summed E-state index contributed by atoms with van der Waals surface area (Å²) >= 11 is 0. The third-order valence-corrected chi connectivity index (χ3v) is 0. The van der Waals surface area contributed by atoms with Gasteiger partial charge in [0.25, 0.3) is 0 Å². The Hall–Kier alpha value is 0.802. The van der Waals surface area contributed by atoms with Gasteiger partial charge in [-0.25, -0.2) is 0 Å². The second kappa shape index (κ2) is 46.4. The summed E-state index contributed by atoms with van der Waals surface area (Å²) in [5, 5.41) is 0. The Balaban J connectivity index is 0. The molecule has 0 heterocycles. The van der Waals surface area contributed by atoms with Gasteiger partial charge in [-0.3, -0.25) is 0 Å². The van der Waals surface area contributed by atoms with Crippen LogP contribution < -0.4 is 0 Å². The van der Waals surface area contributed by atoms with Crippen LogP contribution in [0.4, 0.5) is 0 Å². The van der Waals surface area contributed by atoms with Crippen molar-refractivity contribution in [2.75, 3.05) is 0 Å². The molecule has 0 N–H and O–H groups in total. The van der Waals surface area contributed by atoms with Crippen LogP contribution in [-0.4, -0.2) is 27.3 Å². The molecule has 0 rings (SSSR count). The molecule has 0 aromatic heterocycles. The van der Waals surface area contributed by atoms with Gasteiger partial charge in [0.05, 0.1) is 0 Å². The molecule has 0 aromatic rings. The molecular weight excluding hydrogens is 255 g/mol. The van der Waals surface area contributed by atoms with E-state index < -0.39 is 0 Å². The molecule has 0 aliphatic rings. The Morgan fingerprint density at radius 1 is 0.500 bits per heavy atom. The summed E-state index contributed by atoms with van der Waals surface area (Å²) in [7, 11) is 0. The first kappa shape index (κ1) is 108. The van der Waals surface area contributed by atoms with Gasteiger partial charge in [-0.1, -0.05) is 0 Å². The van der Waals surface area contributed by atoms with Gasteiger partial charge >= 0.3 is 27.3 Å². The maximum atomic E-state index is 0. The van der Waals surface area contributed by atoms with E-state index in [1.54, 1.807) is 0 Å². The Labute approximate surface area is 44.1 Å². The minimum absolute atomic E-state index is 0. The van der Waals surface area contributed by atoms with E-state index in [0.717, 1.165) is 0 Å². The summed E-state index contributed by atoms with van der Waals surface area (Å²) in [5.41, 5.74) is 0. The summed E-state index contributed by atoms with van der Waals surface area (Å²) in [6, 6.07) is 0. The van der Waals surface area contributed by atoms with Crippen molar-refractivity contribution in [2.24, 2.45) is 0 Å². The smallest absolute Gasteiger partial charge is 2.00 e. The number of hydrogen-bond donors (Lipinski definition) is 0. The van der Waals surface area contributed by atoms with Crippen molar-refractivity contribution < 1.29 is 16.4 Å². The molecule has 0 bridgehead atoms. The van der Waals surface area contributed by atoms with E-state index in [9.17, 15) is 0 Å². The molecule has 4 heteroatoms. The van der Waals surface area contributed by atoms with Gasteiger partial charge < -0.3 is 16.4 Å². The maximum Gasteiger partial charge on any atom is 6.00 e. The zero-order valence-electron chi connectivity index (χ0n) is 1.72. The van der Waals surface area contributed by atoms with Crippen molar-refractivity contribution in [1.82, 2.24) is 0 Å². The van der Waals surface area contributed by atoms with E-state index in [0.29, 0.717) is 0 Å². The van der Waals surface area contributed by atoms with E-state index in [2.05, 4.69) is 0 Å². The molecule has 0 amide bonds. The third kappa shape index (κ3) is 14.1. The summed E-state index contributed by atoms with van der Waals surface area (Å²) in [4.78, 5) is 0. The molecule has 0 atom stereocenters. The Bertz CT molecular complexity index is 3.25. The van der Waals surface area contributed by atoms with Gasteiger partial charge in [0.2, 0.25) is 0 Å². The molecule has 0 aromatic carbocycles. The van der Waals surface area contributed by atoms with Gasteiger partial charge in [-0.15, -0.1) is 0 Å². The monoisotopic (exact) mass is 256 g/mol. The van der Waals surface area contributed by atoms with E-state index in [1.807, 2.05) is 0 Å². The van der Waals surface area contributed by atoms with Crippen molar-refractivity contribution in [3.63, 3.8) is 0 Å². The first-order valence-electron chi connectivity index (χ1n) is 0. The molecule has 3 nitrogen and oxygen atoms in total. The van der Waals surface area contributed by atoms with Crippen LogP contribution in [0.5, 0.6) is 0 Å². The van der Waals surface area contributed by atoms with Crippen molar-refractivity contribution in [1.29, 1.82) is 0 Å². The van der Waals surface area contributed by atoms with Crippen LogP contribution in [0.2, 0.25) is 0 Å². The van der Waals surface area contributed by atoms with Crippen LogP contribution in [0.15, 0.2) is 0 Å². The molecule has 0 unspecified atom stereocenters. The van der Waals surface area contributed by atoms with Gasteiger partial charge in [0.1, 0.15) is 0 Å². The average molecular weight is 255 g/mol. The van der Waals surface area contributed by atoms with Crippen LogP contribution in [0.3, 0.4) is 0 Å². The van der Waals surface area contributed by atoms with E-state index in [4.69, 9.17) is 0 Å². The van der Waals surface area contributed by atoms with Crippen LogP contribution in [-0.2, 0) is 16.4 Å². The van der Waals surface area contributed by atoms with Crippen molar-refractivity contribution in [2.45, 2.75) is 0 Å². The van der Waals surface area contributed by atoms with Gasteiger partial charge in [-0.2, -0.15) is 0 Å². The zero-order valence-corrected chi connectivity index (χ0v) is 5.61. The zero-order chi connectivity index (χ0) is 0. The molecule has 10 radical (unpaired) electrons. The summed E-state index contributed by atoms with van der Waals surface area (Å²) in [6.07, 6.45) is 0. The second-order valence-electron chi connectivity index (χ2n) is 0. The second-order valence-corrected chi connectivity index (χ2v) is 0. The largest absolute Gasteiger partial charge is 6.00 e. The minimum Gasteiger partial charge on any atom is -2.00 e. The SMILES string of the molecule is [O-2].[O-2].[O-2].[Pb+6]. The Morgan fingerprint density at radius 2 is 0.500 bits per heavy atom. The topological polar surface area (TPSA) is 85.5 Å². The normalized spacial score (nSPS) is 0. The van der Waals surface area contributed by atoms with E-state index >= 15 is 0 Å². The Morgan fingerprint density at radius 3 is 0.500 bits per heavy atom. The molecule has 0 saturated heterocycles. The fraction of sp³-hybridized carbons (Fsp3) is 0.